The van der Waals surface area contributed by atoms with E-state index in [1.54, 1.807) is 0 Å². The predicted molar refractivity (Wildman–Crippen MR) is 91.5 cm³/mol. The summed E-state index contributed by atoms with van der Waals surface area (Å²) >= 11 is 1.82. The number of aromatic nitrogens is 1. The van der Waals surface area contributed by atoms with Gasteiger partial charge in [-0.05, 0) is 36.6 Å². The van der Waals surface area contributed by atoms with Crippen LogP contribution in [0.15, 0.2) is 47.6 Å². The Balaban J connectivity index is 1.96. The molecule has 0 saturated carbocycles. The van der Waals surface area contributed by atoms with Crippen LogP contribution in [0, 0.1) is 12.8 Å². The van der Waals surface area contributed by atoms with E-state index in [0.717, 1.165) is 23.9 Å². The van der Waals surface area contributed by atoms with E-state index in [1.165, 1.54) is 16.7 Å². The van der Waals surface area contributed by atoms with E-state index in [9.17, 15) is 0 Å². The molecule has 0 fully saturated rings. The summed E-state index contributed by atoms with van der Waals surface area (Å²) in [4.78, 5) is 4.54. The second-order valence-electron chi connectivity index (χ2n) is 5.77. The Hall–Kier alpha value is -1.32. The first-order valence-electron chi connectivity index (χ1n) is 7.48. The standard InChI is InChI=1S/C18H24N2S/c1-14(2)11-19-12-17-8-5-9-20-18(17)21-13-16-7-4-6-15(3)10-16/h4-10,14,19H,11-13H2,1-3H3. The molecule has 2 rings (SSSR count). The topological polar surface area (TPSA) is 24.9 Å². The van der Waals surface area contributed by atoms with Crippen molar-refractivity contribution >= 4 is 11.8 Å². The Morgan fingerprint density at radius 1 is 1.19 bits per heavy atom. The molecule has 0 unspecified atom stereocenters. The van der Waals surface area contributed by atoms with Gasteiger partial charge in [0.05, 0.1) is 0 Å². The van der Waals surface area contributed by atoms with Crippen molar-refractivity contribution in [3.63, 3.8) is 0 Å². The molecule has 1 aromatic carbocycles. The fraction of sp³-hybridized carbons (Fsp3) is 0.389. The lowest BCUT2D eigenvalue weighted by Crippen LogP contribution is -2.19. The van der Waals surface area contributed by atoms with E-state index in [4.69, 9.17) is 0 Å². The third kappa shape index (κ3) is 5.52. The molecule has 0 aliphatic heterocycles. The van der Waals surface area contributed by atoms with Crippen LogP contribution in [-0.4, -0.2) is 11.5 Å². The number of aryl methyl sites for hydroxylation is 1. The first kappa shape index (κ1) is 16.1. The van der Waals surface area contributed by atoms with Crippen LogP contribution < -0.4 is 5.32 Å². The minimum absolute atomic E-state index is 0.671. The van der Waals surface area contributed by atoms with E-state index in [0.29, 0.717) is 5.92 Å². The lowest BCUT2D eigenvalue weighted by Gasteiger charge is -2.11. The zero-order valence-corrected chi connectivity index (χ0v) is 13.9. The number of benzene rings is 1. The normalized spacial score (nSPS) is 11.0. The summed E-state index contributed by atoms with van der Waals surface area (Å²) < 4.78 is 0. The molecule has 0 radical (unpaired) electrons. The van der Waals surface area contributed by atoms with Gasteiger partial charge in [-0.3, -0.25) is 0 Å². The lowest BCUT2D eigenvalue weighted by molar-refractivity contribution is 0.549. The molecule has 0 amide bonds. The number of hydrogen-bond acceptors (Lipinski definition) is 3. The van der Waals surface area contributed by atoms with Gasteiger partial charge in [-0.15, -0.1) is 11.8 Å². The Morgan fingerprint density at radius 2 is 2.05 bits per heavy atom. The van der Waals surface area contributed by atoms with E-state index in [1.807, 2.05) is 24.0 Å². The van der Waals surface area contributed by atoms with Crippen LogP contribution in [0.1, 0.15) is 30.5 Å². The van der Waals surface area contributed by atoms with Gasteiger partial charge in [0, 0.05) is 18.5 Å². The summed E-state index contributed by atoms with van der Waals surface area (Å²) in [6.07, 6.45) is 1.88. The largest absolute Gasteiger partial charge is 0.312 e. The summed E-state index contributed by atoms with van der Waals surface area (Å²) in [5.74, 6) is 1.64. The van der Waals surface area contributed by atoms with Crippen LogP contribution in [0.25, 0.3) is 0 Å². The summed E-state index contributed by atoms with van der Waals surface area (Å²) in [5, 5.41) is 4.63. The number of hydrogen-bond donors (Lipinski definition) is 1. The molecular weight excluding hydrogens is 276 g/mol. The molecule has 0 saturated heterocycles. The van der Waals surface area contributed by atoms with Gasteiger partial charge >= 0.3 is 0 Å². The average molecular weight is 300 g/mol. The Bertz CT molecular complexity index is 567. The van der Waals surface area contributed by atoms with Gasteiger partial charge in [-0.1, -0.05) is 49.7 Å². The molecule has 3 heteroatoms. The van der Waals surface area contributed by atoms with Crippen molar-refractivity contribution in [3.05, 3.63) is 59.3 Å². The maximum atomic E-state index is 4.54. The molecule has 2 aromatic rings. The minimum atomic E-state index is 0.671. The highest BCUT2D eigenvalue weighted by molar-refractivity contribution is 7.98. The molecule has 0 spiro atoms. The van der Waals surface area contributed by atoms with Crippen molar-refractivity contribution in [3.8, 4) is 0 Å². The van der Waals surface area contributed by atoms with Crippen molar-refractivity contribution in [2.45, 2.75) is 38.1 Å². The number of pyridine rings is 1. The third-order valence-electron chi connectivity index (χ3n) is 3.18. The number of nitrogens with zero attached hydrogens (tertiary/aromatic N) is 1. The highest BCUT2D eigenvalue weighted by atomic mass is 32.2. The molecule has 0 aliphatic carbocycles. The second kappa shape index (κ2) is 8.20. The smallest absolute Gasteiger partial charge is 0.101 e. The molecule has 1 N–H and O–H groups in total. The van der Waals surface area contributed by atoms with E-state index >= 15 is 0 Å². The highest BCUT2D eigenvalue weighted by Crippen LogP contribution is 2.24. The monoisotopic (exact) mass is 300 g/mol. The summed E-state index contributed by atoms with van der Waals surface area (Å²) in [6.45, 7) is 8.52. The van der Waals surface area contributed by atoms with Crippen molar-refractivity contribution < 1.29 is 0 Å². The molecule has 0 bridgehead atoms. The minimum Gasteiger partial charge on any atom is -0.312 e. The van der Waals surface area contributed by atoms with E-state index in [-0.39, 0.29) is 0 Å². The van der Waals surface area contributed by atoms with Gasteiger partial charge in [-0.2, -0.15) is 0 Å². The zero-order valence-electron chi connectivity index (χ0n) is 13.1. The van der Waals surface area contributed by atoms with Crippen LogP contribution >= 0.6 is 11.8 Å². The van der Waals surface area contributed by atoms with Gasteiger partial charge in [0.1, 0.15) is 5.03 Å². The first-order valence-corrected chi connectivity index (χ1v) is 8.46. The zero-order chi connectivity index (χ0) is 15.1. The fourth-order valence-corrected chi connectivity index (χ4v) is 3.08. The Labute approximate surface area is 132 Å². The third-order valence-corrected chi connectivity index (χ3v) is 4.29. The van der Waals surface area contributed by atoms with Gasteiger partial charge in [0.2, 0.25) is 0 Å². The molecule has 1 heterocycles. The van der Waals surface area contributed by atoms with Crippen LogP contribution in [0.5, 0.6) is 0 Å². The second-order valence-corrected chi connectivity index (χ2v) is 6.73. The Morgan fingerprint density at radius 3 is 2.81 bits per heavy atom. The van der Waals surface area contributed by atoms with Crippen molar-refractivity contribution in [2.75, 3.05) is 6.54 Å². The fourth-order valence-electron chi connectivity index (χ4n) is 2.14. The Kier molecular flexibility index (Phi) is 6.27. The lowest BCUT2D eigenvalue weighted by atomic mass is 10.2. The van der Waals surface area contributed by atoms with Crippen LogP contribution in [0.3, 0.4) is 0 Å². The van der Waals surface area contributed by atoms with Crippen LogP contribution in [-0.2, 0) is 12.3 Å². The van der Waals surface area contributed by atoms with E-state index < -0.39 is 0 Å². The molecule has 112 valence electrons. The van der Waals surface area contributed by atoms with E-state index in [2.05, 4.69) is 61.4 Å². The van der Waals surface area contributed by atoms with Gasteiger partial charge < -0.3 is 5.32 Å². The average Bonchev–Trinajstić information content (AvgIpc) is 2.46. The first-order chi connectivity index (χ1) is 10.1. The maximum Gasteiger partial charge on any atom is 0.101 e. The highest BCUT2D eigenvalue weighted by Gasteiger charge is 2.05. The maximum absolute atomic E-state index is 4.54. The van der Waals surface area contributed by atoms with Crippen molar-refractivity contribution in [1.29, 1.82) is 0 Å². The van der Waals surface area contributed by atoms with Crippen LogP contribution in [0.4, 0.5) is 0 Å². The van der Waals surface area contributed by atoms with Gasteiger partial charge in [0.15, 0.2) is 0 Å². The summed E-state index contributed by atoms with van der Waals surface area (Å²) in [5.41, 5.74) is 3.95. The van der Waals surface area contributed by atoms with Crippen molar-refractivity contribution in [1.82, 2.24) is 10.3 Å². The number of rotatable bonds is 7. The molecule has 2 nitrogen and oxygen atoms in total. The molecule has 1 aromatic heterocycles. The predicted octanol–water partition coefficient (Wildman–Crippen LogP) is 4.43. The number of nitrogens with one attached hydrogen (secondary N) is 1. The number of thioether (sulfide) groups is 1. The molecule has 21 heavy (non-hydrogen) atoms. The van der Waals surface area contributed by atoms with Gasteiger partial charge in [0.25, 0.3) is 0 Å². The SMILES string of the molecule is Cc1cccc(CSc2ncccc2CNCC(C)C)c1. The molecule has 0 aliphatic rings. The van der Waals surface area contributed by atoms with Crippen molar-refractivity contribution in [2.24, 2.45) is 5.92 Å². The summed E-state index contributed by atoms with van der Waals surface area (Å²) in [7, 11) is 0. The molecular formula is C18H24N2S. The summed E-state index contributed by atoms with van der Waals surface area (Å²) in [6, 6.07) is 12.9. The van der Waals surface area contributed by atoms with Crippen LogP contribution in [0.2, 0.25) is 0 Å². The van der Waals surface area contributed by atoms with Gasteiger partial charge in [-0.25, -0.2) is 4.98 Å². The molecule has 0 atom stereocenters. The quantitative estimate of drug-likeness (QED) is 0.766.